The minimum Gasteiger partial charge on any atom is -0.454 e. The van der Waals surface area contributed by atoms with Gasteiger partial charge in [0.25, 0.3) is 6.43 Å². The van der Waals surface area contributed by atoms with Crippen molar-refractivity contribution in [2.45, 2.75) is 17.2 Å². The van der Waals surface area contributed by atoms with Gasteiger partial charge in [-0.1, -0.05) is 41.9 Å². The van der Waals surface area contributed by atoms with Crippen LogP contribution in [0.5, 0.6) is 11.5 Å². The number of halogens is 3. The Bertz CT molecular complexity index is 1100. The highest BCUT2D eigenvalue weighted by atomic mass is 35.5. The van der Waals surface area contributed by atoms with E-state index in [1.54, 1.807) is 36.4 Å². The number of ether oxygens (including phenoxy) is 2. The zero-order valence-electron chi connectivity index (χ0n) is 14.9. The fraction of sp³-hybridized carbons (Fsp3) is 0.143. The van der Waals surface area contributed by atoms with Crippen LogP contribution < -0.4 is 9.47 Å². The van der Waals surface area contributed by atoms with E-state index in [4.69, 9.17) is 21.1 Å². The van der Waals surface area contributed by atoms with E-state index in [-0.39, 0.29) is 23.1 Å². The summed E-state index contributed by atoms with van der Waals surface area (Å²) in [5.41, 5.74) is 1.72. The zero-order valence-corrected chi connectivity index (χ0v) is 16.4. The van der Waals surface area contributed by atoms with Gasteiger partial charge in [0.05, 0.1) is 5.56 Å². The van der Waals surface area contributed by atoms with Gasteiger partial charge >= 0.3 is 0 Å². The fourth-order valence-electron chi connectivity index (χ4n) is 2.93. The molecule has 1 aromatic heterocycles. The number of thioether (sulfide) groups is 1. The monoisotopic (exact) mass is 430 g/mol. The van der Waals surface area contributed by atoms with Crippen molar-refractivity contribution in [1.82, 2.24) is 4.98 Å². The summed E-state index contributed by atoms with van der Waals surface area (Å²) in [6.45, 7) is 0.124. The van der Waals surface area contributed by atoms with Crippen molar-refractivity contribution in [1.29, 1.82) is 5.26 Å². The first-order valence-electron chi connectivity index (χ1n) is 8.56. The fourth-order valence-corrected chi connectivity index (χ4v) is 4.23. The van der Waals surface area contributed by atoms with E-state index in [9.17, 15) is 14.0 Å². The zero-order chi connectivity index (χ0) is 20.4. The molecule has 0 bridgehead atoms. The van der Waals surface area contributed by atoms with Crippen molar-refractivity contribution in [3.05, 3.63) is 70.4 Å². The van der Waals surface area contributed by atoms with Crippen molar-refractivity contribution in [2.24, 2.45) is 0 Å². The Morgan fingerprint density at radius 2 is 1.86 bits per heavy atom. The van der Waals surface area contributed by atoms with Crippen molar-refractivity contribution >= 4 is 23.4 Å². The Balaban J connectivity index is 1.72. The lowest BCUT2D eigenvalue weighted by atomic mass is 10.0. The molecule has 0 N–H and O–H groups in total. The van der Waals surface area contributed by atoms with Crippen LogP contribution in [0.4, 0.5) is 8.78 Å². The van der Waals surface area contributed by atoms with Crippen LogP contribution in [0, 0.1) is 11.3 Å². The second-order valence-corrected chi connectivity index (χ2v) is 7.51. The number of pyridine rings is 1. The molecule has 0 radical (unpaired) electrons. The lowest BCUT2D eigenvalue weighted by Crippen LogP contribution is -1.99. The number of benzene rings is 2. The van der Waals surface area contributed by atoms with Crippen molar-refractivity contribution in [2.75, 3.05) is 6.79 Å². The molecule has 0 unspecified atom stereocenters. The van der Waals surface area contributed by atoms with Gasteiger partial charge in [0, 0.05) is 22.4 Å². The number of nitrogens with zero attached hydrogens (tertiary/aromatic N) is 2. The summed E-state index contributed by atoms with van der Waals surface area (Å²) in [7, 11) is 0. The van der Waals surface area contributed by atoms with Gasteiger partial charge in [0.15, 0.2) is 11.5 Å². The number of rotatable bonds is 5. The summed E-state index contributed by atoms with van der Waals surface area (Å²) in [6.07, 6.45) is -2.75. The second-order valence-electron chi connectivity index (χ2n) is 6.14. The predicted molar refractivity (Wildman–Crippen MR) is 106 cm³/mol. The van der Waals surface area contributed by atoms with Gasteiger partial charge in [-0.3, -0.25) is 0 Å². The molecule has 2 heterocycles. The highest BCUT2D eigenvalue weighted by Gasteiger charge is 2.21. The van der Waals surface area contributed by atoms with E-state index in [2.05, 4.69) is 11.1 Å². The third-order valence-corrected chi connectivity index (χ3v) is 5.71. The third kappa shape index (κ3) is 4.00. The number of nitriles is 1. The quantitative estimate of drug-likeness (QED) is 0.449. The molecule has 1 aliphatic heterocycles. The molecule has 4 rings (SSSR count). The highest BCUT2D eigenvalue weighted by molar-refractivity contribution is 7.98. The smallest absolute Gasteiger partial charge is 0.280 e. The third-order valence-electron chi connectivity index (χ3n) is 4.33. The Morgan fingerprint density at radius 3 is 2.55 bits per heavy atom. The first-order chi connectivity index (χ1) is 14.1. The van der Waals surface area contributed by atoms with Gasteiger partial charge in [0.2, 0.25) is 6.79 Å². The molecule has 0 spiro atoms. The molecule has 0 saturated heterocycles. The van der Waals surface area contributed by atoms with Gasteiger partial charge in [-0.15, -0.1) is 11.8 Å². The second kappa shape index (κ2) is 8.27. The van der Waals surface area contributed by atoms with Crippen molar-refractivity contribution in [3.8, 4) is 28.7 Å². The molecular weight excluding hydrogens is 418 g/mol. The number of fused-ring (bicyclic) bond motifs is 1. The predicted octanol–water partition coefficient (Wildman–Crippen LogP) is 6.23. The summed E-state index contributed by atoms with van der Waals surface area (Å²) in [6, 6.07) is 15.7. The lowest BCUT2D eigenvalue weighted by Gasteiger charge is -2.12. The van der Waals surface area contributed by atoms with Gasteiger partial charge in [-0.2, -0.15) is 5.26 Å². The van der Waals surface area contributed by atoms with Crippen LogP contribution in [0.2, 0.25) is 5.02 Å². The minimum atomic E-state index is -2.75. The molecule has 3 aromatic rings. The molecule has 1 aliphatic rings. The molecule has 146 valence electrons. The van der Waals surface area contributed by atoms with Gasteiger partial charge in [0.1, 0.15) is 16.8 Å². The lowest BCUT2D eigenvalue weighted by molar-refractivity contribution is 0.145. The van der Waals surface area contributed by atoms with E-state index < -0.39 is 6.43 Å². The molecule has 0 atom stereocenters. The summed E-state index contributed by atoms with van der Waals surface area (Å²) in [5.74, 6) is 1.47. The standard InChI is InChI=1S/C21H13ClF2N2O2S/c22-16-8-19-18(27-11-28-19)6-13(16)10-29-21-15(9-25)14(7-17(26-21)20(23)24)12-4-2-1-3-5-12/h1-8,20H,10-11H2. The molecular formula is C21H13ClF2N2O2S. The van der Waals surface area contributed by atoms with Crippen LogP contribution in [0.25, 0.3) is 11.1 Å². The average molecular weight is 431 g/mol. The average Bonchev–Trinajstić information content (AvgIpc) is 3.18. The molecule has 0 fully saturated rings. The van der Waals surface area contributed by atoms with Crippen LogP contribution in [0.1, 0.15) is 23.2 Å². The SMILES string of the molecule is N#Cc1c(-c2ccccc2)cc(C(F)F)nc1SCc1cc2c(cc1Cl)OCO2. The van der Waals surface area contributed by atoms with Crippen LogP contribution in [-0.2, 0) is 5.75 Å². The van der Waals surface area contributed by atoms with E-state index >= 15 is 0 Å². The Kier molecular flexibility index (Phi) is 5.56. The molecule has 29 heavy (non-hydrogen) atoms. The maximum absolute atomic E-state index is 13.4. The van der Waals surface area contributed by atoms with E-state index in [0.29, 0.717) is 33.4 Å². The maximum Gasteiger partial charge on any atom is 0.280 e. The minimum absolute atomic E-state index is 0.124. The Labute approximate surface area is 175 Å². The maximum atomic E-state index is 13.4. The number of alkyl halides is 2. The largest absolute Gasteiger partial charge is 0.454 e. The van der Waals surface area contributed by atoms with Gasteiger partial charge < -0.3 is 9.47 Å². The molecule has 0 saturated carbocycles. The van der Waals surface area contributed by atoms with Crippen LogP contribution in [-0.4, -0.2) is 11.8 Å². The summed E-state index contributed by atoms with van der Waals surface area (Å²) >= 11 is 7.48. The normalized spacial score (nSPS) is 12.2. The molecule has 2 aromatic carbocycles. The molecule has 0 aliphatic carbocycles. The Hall–Kier alpha value is -2.82. The molecule has 4 nitrogen and oxygen atoms in total. The first kappa shape index (κ1) is 19.5. The first-order valence-corrected chi connectivity index (χ1v) is 9.92. The number of hydrogen-bond acceptors (Lipinski definition) is 5. The van der Waals surface area contributed by atoms with Gasteiger partial charge in [-0.25, -0.2) is 13.8 Å². The number of aromatic nitrogens is 1. The highest BCUT2D eigenvalue weighted by Crippen LogP contribution is 2.40. The van der Waals surface area contributed by atoms with E-state index in [1.165, 1.54) is 17.8 Å². The number of hydrogen-bond donors (Lipinski definition) is 0. The summed E-state index contributed by atoms with van der Waals surface area (Å²) in [5, 5.41) is 10.4. The van der Waals surface area contributed by atoms with Crippen molar-refractivity contribution in [3.63, 3.8) is 0 Å². The topological polar surface area (TPSA) is 55.1 Å². The van der Waals surface area contributed by atoms with E-state index in [1.807, 2.05) is 6.07 Å². The van der Waals surface area contributed by atoms with Gasteiger partial charge in [-0.05, 0) is 23.3 Å². The van der Waals surface area contributed by atoms with Crippen LogP contribution in [0.15, 0.2) is 53.6 Å². The van der Waals surface area contributed by atoms with E-state index in [0.717, 1.165) is 5.56 Å². The summed E-state index contributed by atoms with van der Waals surface area (Å²) < 4.78 is 37.5. The van der Waals surface area contributed by atoms with Crippen molar-refractivity contribution < 1.29 is 18.3 Å². The Morgan fingerprint density at radius 1 is 1.14 bits per heavy atom. The summed E-state index contributed by atoms with van der Waals surface area (Å²) in [4.78, 5) is 4.04. The van der Waals surface area contributed by atoms with Crippen LogP contribution >= 0.6 is 23.4 Å². The molecule has 8 heteroatoms. The molecule has 0 amide bonds. The van der Waals surface area contributed by atoms with Crippen LogP contribution in [0.3, 0.4) is 0 Å².